The van der Waals surface area contributed by atoms with E-state index >= 15 is 0 Å². The van der Waals surface area contributed by atoms with Crippen LogP contribution in [0.15, 0.2) is 24.3 Å². The molecule has 126 valence electrons. The van der Waals surface area contributed by atoms with Gasteiger partial charge in [-0.25, -0.2) is 13.6 Å². The third-order valence-electron chi connectivity index (χ3n) is 4.21. The highest BCUT2D eigenvalue weighted by molar-refractivity contribution is 6.00. The van der Waals surface area contributed by atoms with Gasteiger partial charge in [-0.1, -0.05) is 0 Å². The van der Waals surface area contributed by atoms with Crippen LogP contribution in [-0.2, 0) is 4.74 Å². The van der Waals surface area contributed by atoms with Gasteiger partial charge in [0.1, 0.15) is 11.6 Å². The van der Waals surface area contributed by atoms with Crippen LogP contribution in [0.1, 0.15) is 43.0 Å². The Kier molecular flexibility index (Phi) is 5.12. The van der Waals surface area contributed by atoms with E-state index in [1.54, 1.807) is 6.07 Å². The molecule has 0 aliphatic rings. The van der Waals surface area contributed by atoms with E-state index in [4.69, 9.17) is 4.74 Å². The van der Waals surface area contributed by atoms with Crippen molar-refractivity contribution < 1.29 is 23.1 Å². The lowest BCUT2D eigenvalue weighted by Gasteiger charge is -2.13. The molecule has 2 rings (SSSR count). The first kappa shape index (κ1) is 17.8. The van der Waals surface area contributed by atoms with Gasteiger partial charge >= 0.3 is 5.97 Å². The van der Waals surface area contributed by atoms with Crippen LogP contribution in [0.4, 0.5) is 8.78 Å². The van der Waals surface area contributed by atoms with Gasteiger partial charge in [0.25, 0.3) is 0 Å². The first-order valence-corrected chi connectivity index (χ1v) is 7.44. The fraction of sp³-hybridized carbons (Fsp3) is 0.263. The average molecular weight is 332 g/mol. The summed E-state index contributed by atoms with van der Waals surface area (Å²) in [7, 11) is 0. The summed E-state index contributed by atoms with van der Waals surface area (Å²) in [6.45, 7) is 7.15. The molecular weight excluding hydrogens is 314 g/mol. The van der Waals surface area contributed by atoms with Gasteiger partial charge in [-0.3, -0.25) is 4.79 Å². The molecule has 0 fully saturated rings. The minimum absolute atomic E-state index is 0.270. The van der Waals surface area contributed by atoms with E-state index in [2.05, 4.69) is 0 Å². The molecular formula is C19H18F2O3. The van der Waals surface area contributed by atoms with Crippen LogP contribution in [0.2, 0.25) is 0 Å². The highest BCUT2D eigenvalue weighted by Crippen LogP contribution is 2.21. The van der Waals surface area contributed by atoms with Crippen LogP contribution in [-0.4, -0.2) is 18.4 Å². The molecule has 0 aromatic heterocycles. The Morgan fingerprint density at radius 3 is 2.04 bits per heavy atom. The van der Waals surface area contributed by atoms with Crippen LogP contribution in [0.25, 0.3) is 0 Å². The molecule has 0 saturated carbocycles. The van der Waals surface area contributed by atoms with Crippen LogP contribution < -0.4 is 0 Å². The molecule has 0 saturated heterocycles. The molecule has 2 aromatic carbocycles. The summed E-state index contributed by atoms with van der Waals surface area (Å²) in [6, 6.07) is 4.14. The molecule has 0 bridgehead atoms. The molecule has 3 nitrogen and oxygen atoms in total. The maximum absolute atomic E-state index is 13.1. The van der Waals surface area contributed by atoms with Crippen molar-refractivity contribution >= 4 is 11.8 Å². The summed E-state index contributed by atoms with van der Waals surface area (Å²) < 4.78 is 31.1. The zero-order chi connectivity index (χ0) is 18.0. The van der Waals surface area contributed by atoms with E-state index in [1.807, 2.05) is 27.7 Å². The third-order valence-corrected chi connectivity index (χ3v) is 4.21. The molecule has 2 aromatic rings. The average Bonchev–Trinajstić information content (AvgIpc) is 2.52. The maximum atomic E-state index is 13.1. The molecule has 0 unspecified atom stereocenters. The Labute approximate surface area is 139 Å². The largest absolute Gasteiger partial charge is 0.454 e. The Balaban J connectivity index is 2.15. The molecule has 24 heavy (non-hydrogen) atoms. The summed E-state index contributed by atoms with van der Waals surface area (Å²) in [5, 5.41) is 0. The number of ketones is 1. The van der Waals surface area contributed by atoms with Gasteiger partial charge < -0.3 is 4.74 Å². The van der Waals surface area contributed by atoms with Crippen molar-refractivity contribution in [3.05, 3.63) is 69.3 Å². The number of carbonyl (C=O) groups excluding carboxylic acids is 2. The fourth-order valence-corrected chi connectivity index (χ4v) is 2.47. The smallest absolute Gasteiger partial charge is 0.338 e. The highest BCUT2D eigenvalue weighted by Gasteiger charge is 2.17. The zero-order valence-corrected chi connectivity index (χ0v) is 14.0. The maximum Gasteiger partial charge on any atom is 0.338 e. The van der Waals surface area contributed by atoms with Gasteiger partial charge in [0.15, 0.2) is 6.61 Å². The van der Waals surface area contributed by atoms with E-state index < -0.39 is 24.2 Å². The Hall–Kier alpha value is -2.56. The fourth-order valence-electron chi connectivity index (χ4n) is 2.47. The predicted molar refractivity (Wildman–Crippen MR) is 86.4 cm³/mol. The topological polar surface area (TPSA) is 43.4 Å². The molecule has 0 spiro atoms. The number of rotatable bonds is 4. The minimum atomic E-state index is -0.944. The van der Waals surface area contributed by atoms with Crippen LogP contribution >= 0.6 is 0 Å². The van der Waals surface area contributed by atoms with Gasteiger partial charge in [-0.05, 0) is 68.1 Å². The van der Waals surface area contributed by atoms with Crippen LogP contribution in [0.3, 0.4) is 0 Å². The van der Waals surface area contributed by atoms with E-state index in [1.165, 1.54) is 0 Å². The number of halogens is 2. The minimum Gasteiger partial charge on any atom is -0.454 e. The van der Waals surface area contributed by atoms with E-state index in [0.717, 1.165) is 34.4 Å². The molecule has 0 aliphatic heterocycles. The van der Waals surface area contributed by atoms with Crippen LogP contribution in [0.5, 0.6) is 0 Å². The number of hydrogen-bond donors (Lipinski definition) is 0. The molecule has 0 radical (unpaired) electrons. The van der Waals surface area contributed by atoms with Crippen molar-refractivity contribution in [2.24, 2.45) is 0 Å². The van der Waals surface area contributed by atoms with Crippen molar-refractivity contribution in [1.82, 2.24) is 0 Å². The molecule has 0 N–H and O–H groups in total. The number of carbonyl (C=O) groups is 2. The SMILES string of the molecule is Cc1cc(C(=O)COC(=O)c2cc(F)cc(F)c2)c(C)c(C)c1C. The highest BCUT2D eigenvalue weighted by atomic mass is 19.1. The number of esters is 1. The first-order valence-electron chi connectivity index (χ1n) is 7.44. The quantitative estimate of drug-likeness (QED) is 0.621. The van der Waals surface area contributed by atoms with Gasteiger partial charge in [-0.2, -0.15) is 0 Å². The molecule has 0 atom stereocenters. The van der Waals surface area contributed by atoms with Gasteiger partial charge in [0, 0.05) is 11.6 Å². The molecule has 0 heterocycles. The lowest BCUT2D eigenvalue weighted by molar-refractivity contribution is 0.0473. The number of Topliss-reactive ketones (excluding diaryl/α,β-unsaturated/α-hetero) is 1. The number of hydrogen-bond acceptors (Lipinski definition) is 3. The molecule has 0 amide bonds. The second-order valence-corrected chi connectivity index (χ2v) is 5.77. The standard InChI is InChI=1S/C19H18F2O3/c1-10-5-17(13(4)12(3)11(10)2)18(22)9-24-19(23)14-6-15(20)8-16(21)7-14/h5-8H,9H2,1-4H3. The van der Waals surface area contributed by atoms with Gasteiger partial charge in [0.2, 0.25) is 5.78 Å². The third kappa shape index (κ3) is 3.67. The summed E-state index contributed by atoms with van der Waals surface area (Å²) in [6.07, 6.45) is 0. The van der Waals surface area contributed by atoms with E-state index in [9.17, 15) is 18.4 Å². The number of benzene rings is 2. The Morgan fingerprint density at radius 1 is 0.875 bits per heavy atom. The summed E-state index contributed by atoms with van der Waals surface area (Å²) in [5.41, 5.74) is 4.13. The van der Waals surface area contributed by atoms with E-state index in [0.29, 0.717) is 11.6 Å². The number of aryl methyl sites for hydroxylation is 1. The van der Waals surface area contributed by atoms with E-state index in [-0.39, 0.29) is 11.3 Å². The normalized spacial score (nSPS) is 10.6. The van der Waals surface area contributed by atoms with Crippen molar-refractivity contribution in [2.45, 2.75) is 27.7 Å². The van der Waals surface area contributed by atoms with Crippen molar-refractivity contribution in [2.75, 3.05) is 6.61 Å². The zero-order valence-electron chi connectivity index (χ0n) is 14.0. The van der Waals surface area contributed by atoms with Gasteiger partial charge in [-0.15, -0.1) is 0 Å². The predicted octanol–water partition coefficient (Wildman–Crippen LogP) is 4.24. The van der Waals surface area contributed by atoms with Gasteiger partial charge in [0.05, 0.1) is 5.56 Å². The van der Waals surface area contributed by atoms with Crippen LogP contribution in [0, 0.1) is 39.3 Å². The second-order valence-electron chi connectivity index (χ2n) is 5.77. The lowest BCUT2D eigenvalue weighted by atomic mass is 9.93. The molecule has 5 heteroatoms. The molecule has 0 aliphatic carbocycles. The lowest BCUT2D eigenvalue weighted by Crippen LogP contribution is -2.16. The monoisotopic (exact) mass is 332 g/mol. The van der Waals surface area contributed by atoms with Crippen molar-refractivity contribution in [3.8, 4) is 0 Å². The second kappa shape index (κ2) is 6.91. The van der Waals surface area contributed by atoms with Crippen molar-refractivity contribution in [1.29, 1.82) is 0 Å². The number of ether oxygens (including phenoxy) is 1. The van der Waals surface area contributed by atoms with Crippen molar-refractivity contribution in [3.63, 3.8) is 0 Å². The Bertz CT molecular complexity index is 806. The summed E-state index contributed by atoms with van der Waals surface area (Å²) >= 11 is 0. The first-order chi connectivity index (χ1) is 11.2. The Morgan fingerprint density at radius 2 is 1.46 bits per heavy atom. The summed E-state index contributed by atoms with van der Waals surface area (Å²) in [4.78, 5) is 24.2. The summed E-state index contributed by atoms with van der Waals surface area (Å²) in [5.74, 6) is -3.06.